The molecule has 2 fully saturated rings. The Morgan fingerprint density at radius 1 is 1.23 bits per heavy atom. The van der Waals surface area contributed by atoms with E-state index in [4.69, 9.17) is 0 Å². The number of aliphatic imine (C=N–C) groups is 1. The normalized spacial score (nSPS) is 18.9. The molecule has 1 heterocycles. The number of rotatable bonds is 8. The van der Waals surface area contributed by atoms with Crippen LogP contribution in [0.5, 0.6) is 0 Å². The molecule has 1 saturated heterocycles. The summed E-state index contributed by atoms with van der Waals surface area (Å²) in [6, 6.07) is 4.20. The van der Waals surface area contributed by atoms with Crippen LogP contribution in [0.3, 0.4) is 0 Å². The summed E-state index contributed by atoms with van der Waals surface area (Å²) < 4.78 is 27.5. The summed E-state index contributed by atoms with van der Waals surface area (Å²) in [6.07, 6.45) is 4.26. The largest absolute Gasteiger partial charge is 0.356 e. The van der Waals surface area contributed by atoms with Gasteiger partial charge in [-0.2, -0.15) is 0 Å². The van der Waals surface area contributed by atoms with Crippen LogP contribution in [0.25, 0.3) is 0 Å². The van der Waals surface area contributed by atoms with Gasteiger partial charge in [0.25, 0.3) is 0 Å². The summed E-state index contributed by atoms with van der Waals surface area (Å²) in [4.78, 5) is 20.6. The minimum atomic E-state index is -0.546. The maximum Gasteiger partial charge on any atom is 0.220 e. The van der Waals surface area contributed by atoms with E-state index in [0.29, 0.717) is 24.6 Å². The van der Waals surface area contributed by atoms with Crippen LogP contribution < -0.4 is 10.6 Å². The van der Waals surface area contributed by atoms with Gasteiger partial charge in [-0.15, -0.1) is 0 Å². The molecule has 8 heteroatoms. The Labute approximate surface area is 177 Å². The lowest BCUT2D eigenvalue weighted by Gasteiger charge is -2.40. The molecule has 1 aromatic carbocycles. The van der Waals surface area contributed by atoms with Crippen molar-refractivity contribution in [2.24, 2.45) is 4.99 Å². The molecule has 2 aliphatic rings. The highest BCUT2D eigenvalue weighted by atomic mass is 19.1. The first-order valence-corrected chi connectivity index (χ1v) is 11.0. The van der Waals surface area contributed by atoms with Gasteiger partial charge in [-0.3, -0.25) is 14.7 Å². The predicted molar refractivity (Wildman–Crippen MR) is 114 cm³/mol. The Balaban J connectivity index is 1.45. The monoisotopic (exact) mass is 421 g/mol. The molecule has 1 amide bonds. The van der Waals surface area contributed by atoms with Crippen molar-refractivity contribution in [3.05, 3.63) is 35.4 Å². The van der Waals surface area contributed by atoms with E-state index >= 15 is 0 Å². The van der Waals surface area contributed by atoms with Gasteiger partial charge in [-0.1, -0.05) is 13.0 Å². The fourth-order valence-corrected chi connectivity index (χ4v) is 4.00. The molecule has 1 aliphatic heterocycles. The quantitative estimate of drug-likeness (QED) is 0.385. The van der Waals surface area contributed by atoms with Crippen LogP contribution in [0.1, 0.15) is 50.6 Å². The van der Waals surface area contributed by atoms with Gasteiger partial charge >= 0.3 is 0 Å². The zero-order valence-electron chi connectivity index (χ0n) is 18.0. The lowest BCUT2D eigenvalue weighted by atomic mass is 10.0. The van der Waals surface area contributed by atoms with E-state index in [1.165, 1.54) is 6.07 Å². The molecule has 0 spiro atoms. The fraction of sp³-hybridized carbons (Fsp3) is 0.636. The number of hydrogen-bond donors (Lipinski definition) is 2. The number of halogens is 2. The van der Waals surface area contributed by atoms with Crippen molar-refractivity contribution in [2.45, 2.75) is 51.1 Å². The average Bonchev–Trinajstić information content (AvgIpc) is 3.55. The zero-order chi connectivity index (χ0) is 21.5. The summed E-state index contributed by atoms with van der Waals surface area (Å²) in [5.41, 5.74) is 0.555. The van der Waals surface area contributed by atoms with Gasteiger partial charge in [0.05, 0.1) is 0 Å². The molecule has 1 saturated carbocycles. The smallest absolute Gasteiger partial charge is 0.220 e. The van der Waals surface area contributed by atoms with Crippen LogP contribution in [0, 0.1) is 11.6 Å². The lowest BCUT2D eigenvalue weighted by Crippen LogP contribution is -2.53. The second kappa shape index (κ2) is 10.7. The Bertz CT molecular complexity index is 745. The van der Waals surface area contributed by atoms with Crippen molar-refractivity contribution in [3.63, 3.8) is 0 Å². The van der Waals surface area contributed by atoms with Crippen molar-refractivity contribution >= 4 is 11.9 Å². The molecule has 0 radical (unpaired) electrons. The fourth-order valence-electron chi connectivity index (χ4n) is 4.00. The molecular formula is C22H33F2N5O. The Hall–Kier alpha value is -2.22. The first kappa shape index (κ1) is 22.5. The summed E-state index contributed by atoms with van der Waals surface area (Å²) in [6.45, 7) is 5.84. The number of nitrogens with zero attached hydrogens (tertiary/aromatic N) is 3. The van der Waals surface area contributed by atoms with Crippen molar-refractivity contribution in [1.82, 2.24) is 20.4 Å². The highest BCUT2D eigenvalue weighted by Gasteiger charge is 2.27. The molecule has 2 N–H and O–H groups in total. The number of benzene rings is 1. The first-order valence-electron chi connectivity index (χ1n) is 11.0. The predicted octanol–water partition coefficient (Wildman–Crippen LogP) is 2.67. The van der Waals surface area contributed by atoms with Gasteiger partial charge in [0, 0.05) is 69.9 Å². The molecule has 1 unspecified atom stereocenters. The third-order valence-corrected chi connectivity index (χ3v) is 5.78. The standard InChI is InChI=1S/C22H33F2N5O/c1-3-20(18-9-6-16(23)15-19(18)24)28-11-13-29(14-12-28)22(25-2)26-10-4-5-21(30)27-17-7-8-17/h6,9,15,17,20H,3-5,7-8,10-14H2,1-2H3,(H,25,26)(H,27,30). The molecule has 1 aliphatic carbocycles. The summed E-state index contributed by atoms with van der Waals surface area (Å²) in [5.74, 6) is -0.0666. The van der Waals surface area contributed by atoms with Crippen LogP contribution in [0.2, 0.25) is 0 Å². The Morgan fingerprint density at radius 2 is 1.97 bits per heavy atom. The molecule has 1 aromatic rings. The SMILES string of the molecule is CCC(c1ccc(F)cc1F)N1CCN(C(=NC)NCCCC(=O)NC2CC2)CC1. The van der Waals surface area contributed by atoms with Crippen molar-refractivity contribution < 1.29 is 13.6 Å². The van der Waals surface area contributed by atoms with Gasteiger partial charge in [0.1, 0.15) is 11.6 Å². The topological polar surface area (TPSA) is 60.0 Å². The molecule has 0 bridgehead atoms. The van der Waals surface area contributed by atoms with E-state index in [0.717, 1.165) is 63.9 Å². The first-order chi connectivity index (χ1) is 14.5. The third kappa shape index (κ3) is 6.14. The number of piperazine rings is 1. The third-order valence-electron chi connectivity index (χ3n) is 5.78. The molecule has 6 nitrogen and oxygen atoms in total. The summed E-state index contributed by atoms with van der Waals surface area (Å²) >= 11 is 0. The number of guanidine groups is 1. The van der Waals surface area contributed by atoms with E-state index in [1.807, 2.05) is 6.92 Å². The van der Waals surface area contributed by atoms with Crippen LogP contribution >= 0.6 is 0 Å². The van der Waals surface area contributed by atoms with Gasteiger partial charge in [0.2, 0.25) is 5.91 Å². The number of carbonyl (C=O) groups is 1. The molecular weight excluding hydrogens is 388 g/mol. The van der Waals surface area contributed by atoms with E-state index in [2.05, 4.69) is 25.4 Å². The Morgan fingerprint density at radius 3 is 2.57 bits per heavy atom. The minimum Gasteiger partial charge on any atom is -0.356 e. The number of amides is 1. The van der Waals surface area contributed by atoms with Crippen molar-refractivity contribution in [3.8, 4) is 0 Å². The van der Waals surface area contributed by atoms with Crippen LogP contribution in [-0.2, 0) is 4.79 Å². The lowest BCUT2D eigenvalue weighted by molar-refractivity contribution is -0.121. The van der Waals surface area contributed by atoms with Crippen LogP contribution in [-0.4, -0.2) is 67.5 Å². The molecule has 0 aromatic heterocycles. The maximum atomic E-state index is 14.3. The van der Waals surface area contributed by atoms with Crippen molar-refractivity contribution in [2.75, 3.05) is 39.8 Å². The maximum absolute atomic E-state index is 14.3. The molecule has 30 heavy (non-hydrogen) atoms. The van der Waals surface area contributed by atoms with E-state index < -0.39 is 11.6 Å². The van der Waals surface area contributed by atoms with E-state index in [-0.39, 0.29) is 11.9 Å². The molecule has 3 rings (SSSR count). The van der Waals surface area contributed by atoms with Gasteiger partial charge < -0.3 is 15.5 Å². The second-order valence-corrected chi connectivity index (χ2v) is 8.03. The molecule has 1 atom stereocenters. The average molecular weight is 422 g/mol. The van der Waals surface area contributed by atoms with Crippen molar-refractivity contribution in [1.29, 1.82) is 0 Å². The summed E-state index contributed by atoms with van der Waals surface area (Å²) in [5, 5.41) is 6.34. The Kier molecular flexibility index (Phi) is 8.01. The number of carbonyl (C=O) groups excluding carboxylic acids is 1. The minimum absolute atomic E-state index is 0.0623. The van der Waals surface area contributed by atoms with Crippen LogP contribution in [0.15, 0.2) is 23.2 Å². The number of hydrogen-bond acceptors (Lipinski definition) is 3. The second-order valence-electron chi connectivity index (χ2n) is 8.03. The molecule has 166 valence electrons. The zero-order valence-corrected chi connectivity index (χ0v) is 18.0. The van der Waals surface area contributed by atoms with Gasteiger partial charge in [-0.25, -0.2) is 8.78 Å². The van der Waals surface area contributed by atoms with Gasteiger partial charge in [-0.05, 0) is 31.7 Å². The van der Waals surface area contributed by atoms with E-state index in [9.17, 15) is 13.6 Å². The van der Waals surface area contributed by atoms with Crippen LogP contribution in [0.4, 0.5) is 8.78 Å². The van der Waals surface area contributed by atoms with Gasteiger partial charge in [0.15, 0.2) is 5.96 Å². The highest BCUT2D eigenvalue weighted by Crippen LogP contribution is 2.28. The van der Waals surface area contributed by atoms with E-state index in [1.54, 1.807) is 13.1 Å². The summed E-state index contributed by atoms with van der Waals surface area (Å²) in [7, 11) is 1.76. The highest BCUT2D eigenvalue weighted by molar-refractivity contribution is 5.80. The number of nitrogens with one attached hydrogen (secondary N) is 2.